The van der Waals surface area contributed by atoms with Crippen LogP contribution < -0.4 is 5.69 Å². The minimum absolute atomic E-state index is 0.217. The molecule has 0 unspecified atom stereocenters. The zero-order chi connectivity index (χ0) is 12.4. The lowest BCUT2D eigenvalue weighted by Crippen LogP contribution is -2.21. The van der Waals surface area contributed by atoms with E-state index in [9.17, 15) is 4.79 Å². The van der Waals surface area contributed by atoms with E-state index in [2.05, 4.69) is 29.2 Å². The standard InChI is InChI=1S/C15H12N2O/c18-15-16-8-3-9-17(15)11-12-6-7-13-4-1-2-5-14(13)10-12/h1-10H,11H2. The molecule has 0 saturated carbocycles. The molecule has 88 valence electrons. The average Bonchev–Trinajstić information content (AvgIpc) is 2.41. The van der Waals surface area contributed by atoms with Crippen LogP contribution in [0.3, 0.4) is 0 Å². The highest BCUT2D eigenvalue weighted by molar-refractivity contribution is 5.82. The summed E-state index contributed by atoms with van der Waals surface area (Å²) in [4.78, 5) is 15.3. The Bertz CT molecular complexity index is 746. The number of hydrogen-bond acceptors (Lipinski definition) is 2. The van der Waals surface area contributed by atoms with Gasteiger partial charge in [-0.25, -0.2) is 9.78 Å². The van der Waals surface area contributed by atoms with E-state index >= 15 is 0 Å². The molecule has 3 nitrogen and oxygen atoms in total. The number of nitrogens with zero attached hydrogens (tertiary/aromatic N) is 2. The Labute approximate surface area is 104 Å². The molecule has 1 aromatic heterocycles. The largest absolute Gasteiger partial charge is 0.347 e. The van der Waals surface area contributed by atoms with Gasteiger partial charge in [0.25, 0.3) is 0 Å². The smallest absolute Gasteiger partial charge is 0.295 e. The van der Waals surface area contributed by atoms with Crippen LogP contribution in [0.2, 0.25) is 0 Å². The zero-order valence-corrected chi connectivity index (χ0v) is 9.78. The second kappa shape index (κ2) is 4.45. The summed E-state index contributed by atoms with van der Waals surface area (Å²) in [6.45, 7) is 0.553. The van der Waals surface area contributed by atoms with Crippen LogP contribution in [0.5, 0.6) is 0 Å². The second-order valence-corrected chi connectivity index (χ2v) is 4.21. The van der Waals surface area contributed by atoms with E-state index in [1.807, 2.05) is 18.2 Å². The van der Waals surface area contributed by atoms with Crippen molar-refractivity contribution in [1.29, 1.82) is 0 Å². The summed E-state index contributed by atoms with van der Waals surface area (Å²) in [6.07, 6.45) is 3.27. The minimum atomic E-state index is -0.217. The predicted octanol–water partition coefficient (Wildman–Crippen LogP) is 2.44. The lowest BCUT2D eigenvalue weighted by Gasteiger charge is -2.05. The van der Waals surface area contributed by atoms with Gasteiger partial charge in [-0.3, -0.25) is 4.57 Å². The molecular formula is C15H12N2O. The average molecular weight is 236 g/mol. The Hall–Kier alpha value is -2.42. The van der Waals surface area contributed by atoms with Crippen molar-refractivity contribution in [2.75, 3.05) is 0 Å². The summed E-state index contributed by atoms with van der Waals surface area (Å²) in [5, 5.41) is 2.40. The molecule has 0 N–H and O–H groups in total. The summed E-state index contributed by atoms with van der Waals surface area (Å²) in [5.74, 6) is 0. The van der Waals surface area contributed by atoms with Crippen molar-refractivity contribution in [2.24, 2.45) is 0 Å². The van der Waals surface area contributed by atoms with Gasteiger partial charge >= 0.3 is 5.69 Å². The molecular weight excluding hydrogens is 224 g/mol. The highest BCUT2D eigenvalue weighted by atomic mass is 16.1. The molecule has 0 saturated heterocycles. The molecule has 3 aromatic rings. The molecule has 2 aromatic carbocycles. The van der Waals surface area contributed by atoms with Gasteiger partial charge in [0.05, 0.1) is 6.54 Å². The SMILES string of the molecule is O=c1ncccn1Cc1ccc2ccccc2c1. The third-order valence-corrected chi connectivity index (χ3v) is 2.95. The Kier molecular flexibility index (Phi) is 2.65. The van der Waals surface area contributed by atoms with Gasteiger partial charge in [-0.2, -0.15) is 0 Å². The number of hydrogen-bond donors (Lipinski definition) is 0. The van der Waals surface area contributed by atoms with E-state index in [-0.39, 0.29) is 5.69 Å². The Morgan fingerprint density at radius 1 is 1.00 bits per heavy atom. The Balaban J connectivity index is 2.01. The van der Waals surface area contributed by atoms with E-state index in [0.717, 1.165) is 5.56 Å². The molecule has 18 heavy (non-hydrogen) atoms. The van der Waals surface area contributed by atoms with Gasteiger partial charge in [0.1, 0.15) is 0 Å². The summed E-state index contributed by atoms with van der Waals surface area (Å²) in [7, 11) is 0. The van der Waals surface area contributed by atoms with Crippen molar-refractivity contribution in [3.63, 3.8) is 0 Å². The van der Waals surface area contributed by atoms with Crippen LogP contribution in [0, 0.1) is 0 Å². The van der Waals surface area contributed by atoms with E-state index in [1.54, 1.807) is 16.8 Å². The number of rotatable bonds is 2. The van der Waals surface area contributed by atoms with E-state index in [4.69, 9.17) is 0 Å². The maximum Gasteiger partial charge on any atom is 0.347 e. The van der Waals surface area contributed by atoms with Gasteiger partial charge in [0.2, 0.25) is 0 Å². The van der Waals surface area contributed by atoms with Gasteiger partial charge in [0, 0.05) is 12.4 Å². The fourth-order valence-corrected chi connectivity index (χ4v) is 2.04. The quantitative estimate of drug-likeness (QED) is 0.685. The molecule has 0 amide bonds. The summed E-state index contributed by atoms with van der Waals surface area (Å²) in [6, 6.07) is 16.2. The molecule has 0 aliphatic rings. The number of fused-ring (bicyclic) bond motifs is 1. The molecule has 0 bridgehead atoms. The van der Waals surface area contributed by atoms with Crippen LogP contribution in [-0.2, 0) is 6.54 Å². The highest BCUT2D eigenvalue weighted by Gasteiger charge is 1.99. The van der Waals surface area contributed by atoms with Crippen molar-refractivity contribution in [3.8, 4) is 0 Å². The summed E-state index contributed by atoms with van der Waals surface area (Å²) < 4.78 is 1.60. The van der Waals surface area contributed by atoms with Gasteiger partial charge in [-0.05, 0) is 28.5 Å². The van der Waals surface area contributed by atoms with Gasteiger partial charge in [-0.15, -0.1) is 0 Å². The molecule has 3 heteroatoms. The summed E-state index contributed by atoms with van der Waals surface area (Å²) >= 11 is 0. The van der Waals surface area contributed by atoms with E-state index in [0.29, 0.717) is 6.54 Å². The molecule has 1 heterocycles. The van der Waals surface area contributed by atoms with Crippen molar-refractivity contribution in [3.05, 3.63) is 77.0 Å². The van der Waals surface area contributed by atoms with Crippen LogP contribution in [0.1, 0.15) is 5.56 Å². The maximum atomic E-state index is 11.5. The van der Waals surface area contributed by atoms with E-state index < -0.39 is 0 Å². The Morgan fingerprint density at radius 3 is 2.67 bits per heavy atom. The van der Waals surface area contributed by atoms with Crippen LogP contribution >= 0.6 is 0 Å². The first kappa shape index (κ1) is 10.7. The normalized spacial score (nSPS) is 10.7. The third kappa shape index (κ3) is 2.02. The lowest BCUT2D eigenvalue weighted by atomic mass is 10.1. The first-order chi connectivity index (χ1) is 8.83. The number of aromatic nitrogens is 2. The zero-order valence-electron chi connectivity index (χ0n) is 9.78. The van der Waals surface area contributed by atoms with Gasteiger partial charge in [-0.1, -0.05) is 36.4 Å². The number of benzene rings is 2. The molecule has 0 aliphatic heterocycles. The third-order valence-electron chi connectivity index (χ3n) is 2.95. The van der Waals surface area contributed by atoms with Crippen LogP contribution in [0.4, 0.5) is 0 Å². The predicted molar refractivity (Wildman–Crippen MR) is 71.5 cm³/mol. The molecule has 0 atom stereocenters. The monoisotopic (exact) mass is 236 g/mol. The van der Waals surface area contributed by atoms with Crippen molar-refractivity contribution >= 4 is 10.8 Å². The van der Waals surface area contributed by atoms with Crippen LogP contribution in [0.15, 0.2) is 65.7 Å². The van der Waals surface area contributed by atoms with Crippen molar-refractivity contribution in [1.82, 2.24) is 9.55 Å². The lowest BCUT2D eigenvalue weighted by molar-refractivity contribution is 0.727. The fraction of sp³-hybridized carbons (Fsp3) is 0.0667. The van der Waals surface area contributed by atoms with Crippen LogP contribution in [0.25, 0.3) is 10.8 Å². The molecule has 0 fully saturated rings. The minimum Gasteiger partial charge on any atom is -0.295 e. The highest BCUT2D eigenvalue weighted by Crippen LogP contribution is 2.15. The fourth-order valence-electron chi connectivity index (χ4n) is 2.04. The van der Waals surface area contributed by atoms with E-state index in [1.165, 1.54) is 17.0 Å². The van der Waals surface area contributed by atoms with Gasteiger partial charge in [0.15, 0.2) is 0 Å². The molecule has 3 rings (SSSR count). The molecule has 0 spiro atoms. The first-order valence-electron chi connectivity index (χ1n) is 5.82. The topological polar surface area (TPSA) is 34.9 Å². The van der Waals surface area contributed by atoms with Crippen molar-refractivity contribution < 1.29 is 0 Å². The van der Waals surface area contributed by atoms with Crippen molar-refractivity contribution in [2.45, 2.75) is 6.54 Å². The molecule has 0 radical (unpaired) electrons. The summed E-state index contributed by atoms with van der Waals surface area (Å²) in [5.41, 5.74) is 0.884. The Morgan fingerprint density at radius 2 is 1.83 bits per heavy atom. The van der Waals surface area contributed by atoms with Gasteiger partial charge < -0.3 is 0 Å². The molecule has 0 aliphatic carbocycles. The maximum absolute atomic E-state index is 11.5. The first-order valence-corrected chi connectivity index (χ1v) is 5.82. The van der Waals surface area contributed by atoms with Crippen LogP contribution in [-0.4, -0.2) is 9.55 Å². The second-order valence-electron chi connectivity index (χ2n) is 4.21.